The van der Waals surface area contributed by atoms with Crippen molar-refractivity contribution in [2.45, 2.75) is 25.5 Å². The van der Waals surface area contributed by atoms with Gasteiger partial charge in [-0.25, -0.2) is 4.79 Å². The van der Waals surface area contributed by atoms with Gasteiger partial charge < -0.3 is 14.8 Å². The molecule has 0 amide bonds. The van der Waals surface area contributed by atoms with Crippen molar-refractivity contribution in [2.24, 2.45) is 0 Å². The van der Waals surface area contributed by atoms with Gasteiger partial charge >= 0.3 is 5.97 Å². The van der Waals surface area contributed by atoms with E-state index in [0.29, 0.717) is 16.6 Å². The molecule has 0 aliphatic carbocycles. The zero-order chi connectivity index (χ0) is 14.7. The van der Waals surface area contributed by atoms with E-state index < -0.39 is 12.1 Å². The molecule has 2 N–H and O–H groups in total. The number of halogens is 2. The molecular weight excluding hydrogens is 303 g/mol. The van der Waals surface area contributed by atoms with Crippen molar-refractivity contribution >= 4 is 34.9 Å². The molecule has 1 fully saturated rings. The number of benzene rings is 1. The van der Waals surface area contributed by atoms with E-state index >= 15 is 0 Å². The van der Waals surface area contributed by atoms with Crippen LogP contribution in [-0.4, -0.2) is 36.3 Å². The van der Waals surface area contributed by atoms with Gasteiger partial charge in [-0.3, -0.25) is 0 Å². The number of nitrogens with zero attached hydrogens (tertiary/aromatic N) is 1. The van der Waals surface area contributed by atoms with Gasteiger partial charge in [0.05, 0.1) is 16.8 Å². The van der Waals surface area contributed by atoms with Crippen LogP contribution in [0.2, 0.25) is 10.0 Å². The number of anilines is 1. The number of aliphatic hydroxyl groups excluding tert-OH is 1. The number of carbonyl (C=O) groups is 1. The van der Waals surface area contributed by atoms with Crippen LogP contribution in [0.25, 0.3) is 0 Å². The Kier molecular flexibility index (Phi) is 5.10. The number of hydroxylamine groups is 1. The summed E-state index contributed by atoms with van der Waals surface area (Å²) in [5, 5.41) is 10.2. The molecule has 0 spiro atoms. The molecule has 2 rings (SSSR count). The van der Waals surface area contributed by atoms with E-state index in [0.717, 1.165) is 18.7 Å². The molecule has 2 atom stereocenters. The van der Waals surface area contributed by atoms with Crippen molar-refractivity contribution in [3.63, 3.8) is 0 Å². The smallest absolute Gasteiger partial charge is 0.353 e. The standard InChI is InChI=1S/C13H16Cl2N2O3/c1-8(18)13(19)20-16-10-4-5-17(7-10)12-3-2-9(14)6-11(12)15/h2-3,6,8,10,16,18H,4-5,7H2,1H3. The molecule has 20 heavy (non-hydrogen) atoms. The van der Waals surface area contributed by atoms with Crippen LogP contribution in [0.5, 0.6) is 0 Å². The Bertz CT molecular complexity index is 497. The first kappa shape index (κ1) is 15.4. The van der Waals surface area contributed by atoms with Gasteiger partial charge in [0.15, 0.2) is 6.10 Å². The Morgan fingerprint density at radius 2 is 2.30 bits per heavy atom. The van der Waals surface area contributed by atoms with Crippen LogP contribution in [0.1, 0.15) is 13.3 Å². The third-order valence-corrected chi connectivity index (χ3v) is 3.64. The van der Waals surface area contributed by atoms with Gasteiger partial charge in [-0.2, -0.15) is 0 Å². The van der Waals surface area contributed by atoms with Crippen molar-refractivity contribution in [3.8, 4) is 0 Å². The Morgan fingerprint density at radius 3 is 2.95 bits per heavy atom. The molecule has 1 aromatic rings. The summed E-state index contributed by atoms with van der Waals surface area (Å²) in [6.07, 6.45) is -0.322. The molecule has 0 radical (unpaired) electrons. The minimum absolute atomic E-state index is 0.00412. The second-order valence-electron chi connectivity index (χ2n) is 4.74. The van der Waals surface area contributed by atoms with Crippen molar-refractivity contribution in [1.29, 1.82) is 0 Å². The van der Waals surface area contributed by atoms with Crippen molar-refractivity contribution in [1.82, 2.24) is 5.48 Å². The second kappa shape index (κ2) is 6.63. The second-order valence-corrected chi connectivity index (χ2v) is 5.59. The van der Waals surface area contributed by atoms with Crippen molar-refractivity contribution in [2.75, 3.05) is 18.0 Å². The van der Waals surface area contributed by atoms with E-state index in [1.54, 1.807) is 12.1 Å². The van der Waals surface area contributed by atoms with Crippen LogP contribution in [-0.2, 0) is 9.63 Å². The third kappa shape index (κ3) is 3.76. The van der Waals surface area contributed by atoms with Crippen LogP contribution in [0.4, 0.5) is 5.69 Å². The lowest BCUT2D eigenvalue weighted by Gasteiger charge is -2.20. The summed E-state index contributed by atoms with van der Waals surface area (Å²) in [5.74, 6) is -0.687. The quantitative estimate of drug-likeness (QED) is 0.831. The number of aliphatic hydroxyl groups is 1. The maximum atomic E-state index is 11.2. The molecule has 5 nitrogen and oxygen atoms in total. The van der Waals surface area contributed by atoms with Gasteiger partial charge in [-0.1, -0.05) is 23.2 Å². The maximum absolute atomic E-state index is 11.2. The zero-order valence-corrected chi connectivity index (χ0v) is 12.5. The predicted molar refractivity (Wildman–Crippen MR) is 78.0 cm³/mol. The number of rotatable bonds is 4. The van der Waals surface area contributed by atoms with E-state index in [9.17, 15) is 4.79 Å². The summed E-state index contributed by atoms with van der Waals surface area (Å²) in [6, 6.07) is 5.36. The Morgan fingerprint density at radius 1 is 1.55 bits per heavy atom. The van der Waals surface area contributed by atoms with Crippen LogP contribution in [0.15, 0.2) is 18.2 Å². The maximum Gasteiger partial charge on any atom is 0.353 e. The molecule has 0 bridgehead atoms. The lowest BCUT2D eigenvalue weighted by molar-refractivity contribution is -0.161. The molecule has 1 saturated heterocycles. The lowest BCUT2D eigenvalue weighted by Crippen LogP contribution is -2.36. The summed E-state index contributed by atoms with van der Waals surface area (Å²) >= 11 is 12.0. The van der Waals surface area contributed by atoms with Gasteiger partial charge in [0.1, 0.15) is 0 Å². The molecule has 1 aliphatic rings. The van der Waals surface area contributed by atoms with Crippen LogP contribution in [0.3, 0.4) is 0 Å². The Labute approximate surface area is 127 Å². The lowest BCUT2D eigenvalue weighted by atomic mass is 10.3. The highest BCUT2D eigenvalue weighted by Gasteiger charge is 2.25. The van der Waals surface area contributed by atoms with Crippen LogP contribution < -0.4 is 10.4 Å². The van der Waals surface area contributed by atoms with E-state index in [1.807, 2.05) is 6.07 Å². The van der Waals surface area contributed by atoms with Crippen LogP contribution in [0, 0.1) is 0 Å². The van der Waals surface area contributed by atoms with E-state index in [-0.39, 0.29) is 6.04 Å². The van der Waals surface area contributed by atoms with Gasteiger partial charge in [0.2, 0.25) is 0 Å². The fraction of sp³-hybridized carbons (Fsp3) is 0.462. The topological polar surface area (TPSA) is 61.8 Å². The number of hydrogen-bond acceptors (Lipinski definition) is 5. The SMILES string of the molecule is CC(O)C(=O)ONC1CCN(c2ccc(Cl)cc2Cl)C1. The van der Waals surface area contributed by atoms with Gasteiger partial charge in [0, 0.05) is 18.1 Å². The number of carbonyl (C=O) groups excluding carboxylic acids is 1. The van der Waals surface area contributed by atoms with Crippen LogP contribution >= 0.6 is 23.2 Å². The van der Waals surface area contributed by atoms with Gasteiger partial charge in [0.25, 0.3) is 0 Å². The highest BCUT2D eigenvalue weighted by atomic mass is 35.5. The van der Waals surface area contributed by atoms with Gasteiger partial charge in [-0.15, -0.1) is 5.48 Å². The average molecular weight is 319 g/mol. The fourth-order valence-electron chi connectivity index (χ4n) is 2.04. The first-order valence-electron chi connectivity index (χ1n) is 6.31. The monoisotopic (exact) mass is 318 g/mol. The molecule has 1 aromatic carbocycles. The summed E-state index contributed by atoms with van der Waals surface area (Å²) < 4.78 is 0. The molecule has 0 saturated carbocycles. The minimum Gasteiger partial charge on any atom is -0.382 e. The average Bonchev–Trinajstić information content (AvgIpc) is 2.84. The van der Waals surface area contributed by atoms with E-state index in [4.69, 9.17) is 33.1 Å². The Hall–Kier alpha value is -1.01. The van der Waals surface area contributed by atoms with Crippen molar-refractivity contribution < 1.29 is 14.7 Å². The molecule has 1 heterocycles. The summed E-state index contributed by atoms with van der Waals surface area (Å²) in [6.45, 7) is 2.82. The van der Waals surface area contributed by atoms with E-state index in [2.05, 4.69) is 10.4 Å². The Balaban J connectivity index is 1.90. The fourth-order valence-corrected chi connectivity index (χ4v) is 2.57. The molecule has 110 valence electrons. The third-order valence-electron chi connectivity index (χ3n) is 3.11. The highest BCUT2D eigenvalue weighted by Crippen LogP contribution is 2.31. The molecule has 1 aliphatic heterocycles. The number of hydrogen-bond donors (Lipinski definition) is 2. The molecule has 0 aromatic heterocycles. The molecular formula is C13H16Cl2N2O3. The summed E-state index contributed by atoms with van der Waals surface area (Å²) in [4.78, 5) is 18.0. The summed E-state index contributed by atoms with van der Waals surface area (Å²) in [7, 11) is 0. The van der Waals surface area contributed by atoms with E-state index in [1.165, 1.54) is 6.92 Å². The largest absolute Gasteiger partial charge is 0.382 e. The highest BCUT2D eigenvalue weighted by molar-refractivity contribution is 6.36. The normalized spacial score (nSPS) is 20.0. The first-order valence-corrected chi connectivity index (χ1v) is 7.07. The number of nitrogens with one attached hydrogen (secondary N) is 1. The zero-order valence-electron chi connectivity index (χ0n) is 11.0. The minimum atomic E-state index is -1.13. The summed E-state index contributed by atoms with van der Waals surface area (Å²) in [5.41, 5.74) is 3.58. The predicted octanol–water partition coefficient (Wildman–Crippen LogP) is 2.00. The van der Waals surface area contributed by atoms with Crippen molar-refractivity contribution in [3.05, 3.63) is 28.2 Å². The van der Waals surface area contributed by atoms with Gasteiger partial charge in [-0.05, 0) is 31.5 Å². The molecule has 2 unspecified atom stereocenters. The first-order chi connectivity index (χ1) is 9.47. The molecule has 7 heteroatoms.